The summed E-state index contributed by atoms with van der Waals surface area (Å²) in [5, 5.41) is 9.72. The first-order valence-electron chi connectivity index (χ1n) is 8.51. The van der Waals surface area contributed by atoms with E-state index in [1.807, 2.05) is 47.4 Å². The molecule has 0 spiro atoms. The van der Waals surface area contributed by atoms with Crippen LogP contribution in [0.4, 0.5) is 0 Å². The molecular weight excluding hydrogens is 398 g/mol. The predicted molar refractivity (Wildman–Crippen MR) is 103 cm³/mol. The summed E-state index contributed by atoms with van der Waals surface area (Å²) < 4.78 is 12.1. The third-order valence-electron chi connectivity index (χ3n) is 4.83. The number of nitrogens with zero attached hydrogens (tertiary/aromatic N) is 1. The lowest BCUT2D eigenvalue weighted by atomic mass is 9.94. The van der Waals surface area contributed by atoms with Crippen LogP contribution in [-0.4, -0.2) is 42.8 Å². The average Bonchev–Trinajstić information content (AvgIpc) is 3.12. The van der Waals surface area contributed by atoms with Gasteiger partial charge >= 0.3 is 5.97 Å². The summed E-state index contributed by atoms with van der Waals surface area (Å²) in [5.41, 5.74) is 1.85. The molecule has 2 aromatic rings. The summed E-state index contributed by atoms with van der Waals surface area (Å²) >= 11 is 3.53. The fourth-order valence-corrected chi connectivity index (χ4v) is 4.08. The summed E-state index contributed by atoms with van der Waals surface area (Å²) in [6.07, 6.45) is 1.48. The van der Waals surface area contributed by atoms with E-state index in [1.165, 1.54) is 0 Å². The van der Waals surface area contributed by atoms with Crippen molar-refractivity contribution in [2.75, 3.05) is 20.8 Å². The Bertz CT molecular complexity index is 795. The summed E-state index contributed by atoms with van der Waals surface area (Å²) in [6.45, 7) is 0.704. The van der Waals surface area contributed by atoms with Gasteiger partial charge in [0.1, 0.15) is 17.5 Å². The van der Waals surface area contributed by atoms with Crippen molar-refractivity contribution < 1.29 is 19.4 Å². The van der Waals surface area contributed by atoms with Crippen LogP contribution in [0.5, 0.6) is 11.5 Å². The molecule has 2 aromatic carbocycles. The highest BCUT2D eigenvalue weighted by atomic mass is 79.9. The third kappa shape index (κ3) is 3.57. The Balaban J connectivity index is 2.20. The van der Waals surface area contributed by atoms with Crippen LogP contribution >= 0.6 is 15.9 Å². The number of carbonyl (C=O) groups is 1. The molecule has 26 heavy (non-hydrogen) atoms. The third-order valence-corrected chi connectivity index (χ3v) is 5.32. The number of aliphatic carboxylic acids is 1. The number of hydrogen-bond acceptors (Lipinski definition) is 4. The zero-order valence-corrected chi connectivity index (χ0v) is 16.4. The number of likely N-dealkylation sites (tertiary alicyclic amines) is 1. The number of benzene rings is 2. The van der Waals surface area contributed by atoms with E-state index in [9.17, 15) is 9.90 Å². The van der Waals surface area contributed by atoms with E-state index in [1.54, 1.807) is 14.2 Å². The first-order chi connectivity index (χ1) is 12.6. The van der Waals surface area contributed by atoms with Crippen LogP contribution < -0.4 is 9.47 Å². The lowest BCUT2D eigenvalue weighted by Crippen LogP contribution is -2.39. The van der Waals surface area contributed by atoms with Gasteiger partial charge in [0.25, 0.3) is 0 Å². The Morgan fingerprint density at radius 2 is 1.85 bits per heavy atom. The molecule has 138 valence electrons. The van der Waals surface area contributed by atoms with Crippen molar-refractivity contribution in [3.63, 3.8) is 0 Å². The molecular formula is C20H22BrNO4. The Morgan fingerprint density at radius 1 is 1.15 bits per heavy atom. The fourth-order valence-electron chi connectivity index (χ4n) is 3.70. The summed E-state index contributed by atoms with van der Waals surface area (Å²) in [6, 6.07) is 12.7. The Kier molecular flexibility index (Phi) is 5.84. The molecule has 0 aromatic heterocycles. The molecule has 0 radical (unpaired) electrons. The first-order valence-corrected chi connectivity index (χ1v) is 9.31. The highest BCUT2D eigenvalue weighted by Crippen LogP contribution is 2.42. The summed E-state index contributed by atoms with van der Waals surface area (Å²) in [5.74, 6) is 0.659. The molecule has 2 atom stereocenters. The van der Waals surface area contributed by atoms with Crippen molar-refractivity contribution in [2.45, 2.75) is 24.9 Å². The second-order valence-corrected chi connectivity index (χ2v) is 7.18. The van der Waals surface area contributed by atoms with Gasteiger partial charge < -0.3 is 14.6 Å². The van der Waals surface area contributed by atoms with Crippen LogP contribution in [0.25, 0.3) is 0 Å². The molecule has 1 N–H and O–H groups in total. The molecule has 0 saturated carbocycles. The van der Waals surface area contributed by atoms with Crippen molar-refractivity contribution >= 4 is 21.9 Å². The summed E-state index contributed by atoms with van der Waals surface area (Å²) in [4.78, 5) is 13.9. The van der Waals surface area contributed by atoms with Crippen molar-refractivity contribution in [1.82, 2.24) is 4.90 Å². The van der Waals surface area contributed by atoms with Crippen molar-refractivity contribution in [3.8, 4) is 11.5 Å². The van der Waals surface area contributed by atoms with E-state index in [4.69, 9.17) is 9.47 Å². The SMILES string of the molecule is COc1ccccc1C(c1cc(Br)ccc1OC)N1CCCC1C(=O)O. The molecule has 1 heterocycles. The number of methoxy groups -OCH3 is 2. The van der Waals surface area contributed by atoms with Crippen LogP contribution in [0.2, 0.25) is 0 Å². The minimum atomic E-state index is -0.795. The zero-order valence-electron chi connectivity index (χ0n) is 14.8. The second-order valence-electron chi connectivity index (χ2n) is 6.26. The number of carboxylic acid groups (broad SMARTS) is 1. The predicted octanol–water partition coefficient (Wildman–Crippen LogP) is 4.10. The van der Waals surface area contributed by atoms with Gasteiger partial charge in [0.15, 0.2) is 0 Å². The standard InChI is InChI=1S/C20H22BrNO4/c1-25-17-8-4-3-6-14(17)19(22-11-5-7-16(22)20(23)24)15-12-13(21)9-10-18(15)26-2/h3-4,6,8-10,12,16,19H,5,7,11H2,1-2H3,(H,23,24). The first kappa shape index (κ1) is 18.7. The maximum atomic E-state index is 11.8. The number of halogens is 1. The van der Waals surface area contributed by atoms with E-state index in [0.717, 1.165) is 33.5 Å². The second kappa shape index (κ2) is 8.10. The van der Waals surface area contributed by atoms with E-state index >= 15 is 0 Å². The fraction of sp³-hybridized carbons (Fsp3) is 0.350. The molecule has 0 aliphatic carbocycles. The molecule has 1 aliphatic rings. The monoisotopic (exact) mass is 419 g/mol. The smallest absolute Gasteiger partial charge is 0.320 e. The zero-order chi connectivity index (χ0) is 18.7. The van der Waals surface area contributed by atoms with Gasteiger partial charge in [-0.05, 0) is 37.1 Å². The number of ether oxygens (including phenoxy) is 2. The normalized spacial score (nSPS) is 18.5. The molecule has 0 amide bonds. The maximum Gasteiger partial charge on any atom is 0.320 e. The molecule has 5 nitrogen and oxygen atoms in total. The topological polar surface area (TPSA) is 59.0 Å². The quantitative estimate of drug-likeness (QED) is 0.763. The molecule has 1 fully saturated rings. The minimum absolute atomic E-state index is 0.276. The molecule has 1 saturated heterocycles. The number of hydrogen-bond donors (Lipinski definition) is 1. The molecule has 0 bridgehead atoms. The van der Waals surface area contributed by atoms with Gasteiger partial charge in [0.2, 0.25) is 0 Å². The van der Waals surface area contributed by atoms with Gasteiger partial charge in [0.05, 0.1) is 20.3 Å². The lowest BCUT2D eigenvalue weighted by molar-refractivity contribution is -0.142. The van der Waals surface area contributed by atoms with Crippen LogP contribution in [-0.2, 0) is 4.79 Å². The highest BCUT2D eigenvalue weighted by Gasteiger charge is 2.39. The summed E-state index contributed by atoms with van der Waals surface area (Å²) in [7, 11) is 3.26. The van der Waals surface area contributed by atoms with E-state index in [-0.39, 0.29) is 6.04 Å². The van der Waals surface area contributed by atoms with Crippen molar-refractivity contribution in [1.29, 1.82) is 0 Å². The van der Waals surface area contributed by atoms with Crippen LogP contribution in [0.3, 0.4) is 0 Å². The molecule has 6 heteroatoms. The number of carboxylic acids is 1. The van der Waals surface area contributed by atoms with Crippen LogP contribution in [0, 0.1) is 0 Å². The van der Waals surface area contributed by atoms with Crippen LogP contribution in [0.1, 0.15) is 30.0 Å². The van der Waals surface area contributed by atoms with Gasteiger partial charge in [-0.2, -0.15) is 0 Å². The molecule has 3 rings (SSSR count). The Hall–Kier alpha value is -2.05. The van der Waals surface area contributed by atoms with E-state index < -0.39 is 12.0 Å². The van der Waals surface area contributed by atoms with Crippen LogP contribution in [0.15, 0.2) is 46.9 Å². The lowest BCUT2D eigenvalue weighted by Gasteiger charge is -2.33. The Morgan fingerprint density at radius 3 is 2.54 bits per heavy atom. The van der Waals surface area contributed by atoms with E-state index in [0.29, 0.717) is 13.0 Å². The largest absolute Gasteiger partial charge is 0.496 e. The van der Waals surface area contributed by atoms with E-state index in [2.05, 4.69) is 15.9 Å². The van der Waals surface area contributed by atoms with Gasteiger partial charge in [-0.15, -0.1) is 0 Å². The Labute approximate surface area is 161 Å². The highest BCUT2D eigenvalue weighted by molar-refractivity contribution is 9.10. The number of rotatable bonds is 6. The van der Waals surface area contributed by atoms with Gasteiger partial charge in [-0.25, -0.2) is 0 Å². The van der Waals surface area contributed by atoms with Gasteiger partial charge in [-0.3, -0.25) is 9.69 Å². The molecule has 2 unspecified atom stereocenters. The number of para-hydroxylation sites is 1. The van der Waals surface area contributed by atoms with Crippen molar-refractivity contribution in [2.24, 2.45) is 0 Å². The van der Waals surface area contributed by atoms with Gasteiger partial charge in [0, 0.05) is 22.1 Å². The maximum absolute atomic E-state index is 11.8. The molecule has 1 aliphatic heterocycles. The van der Waals surface area contributed by atoms with Crippen molar-refractivity contribution in [3.05, 3.63) is 58.1 Å². The average molecular weight is 420 g/mol. The minimum Gasteiger partial charge on any atom is -0.496 e. The van der Waals surface area contributed by atoms with Gasteiger partial charge in [-0.1, -0.05) is 34.1 Å².